The number of pyridine rings is 1. The maximum atomic E-state index is 13.6. The number of likely N-dealkylation sites (tertiary alicyclic amines) is 1. The van der Waals surface area contributed by atoms with E-state index in [2.05, 4.69) is 24.6 Å². The Morgan fingerprint density at radius 1 is 0.973 bits per heavy atom. The van der Waals surface area contributed by atoms with Gasteiger partial charge in [0.1, 0.15) is 11.3 Å². The highest BCUT2D eigenvalue weighted by molar-refractivity contribution is 7.89. The van der Waals surface area contributed by atoms with Crippen LogP contribution in [-0.4, -0.2) is 60.4 Å². The molecule has 0 saturated carbocycles. The highest BCUT2D eigenvalue weighted by Gasteiger charge is 2.45. The zero-order valence-electron chi connectivity index (χ0n) is 20.3. The van der Waals surface area contributed by atoms with E-state index in [0.29, 0.717) is 29.0 Å². The summed E-state index contributed by atoms with van der Waals surface area (Å²) in [4.78, 5) is 30.0. The first-order chi connectivity index (χ1) is 17.9. The number of hydrogen-bond acceptors (Lipinski definition) is 6. The van der Waals surface area contributed by atoms with E-state index in [-0.39, 0.29) is 22.8 Å². The number of nitrogens with one attached hydrogen (secondary N) is 2. The molecule has 0 bridgehead atoms. The van der Waals surface area contributed by atoms with Gasteiger partial charge in [0.2, 0.25) is 10.0 Å². The summed E-state index contributed by atoms with van der Waals surface area (Å²) < 4.78 is 27.8. The van der Waals surface area contributed by atoms with E-state index in [1.807, 2.05) is 41.6 Å². The van der Waals surface area contributed by atoms with Crippen molar-refractivity contribution in [2.75, 3.05) is 31.1 Å². The number of anilines is 1. The lowest BCUT2D eigenvalue weighted by molar-refractivity contribution is 0.0777. The maximum absolute atomic E-state index is 13.6. The maximum Gasteiger partial charge on any atom is 0.256 e. The van der Waals surface area contributed by atoms with Gasteiger partial charge in [-0.3, -0.25) is 9.78 Å². The molecule has 0 aliphatic carbocycles. The minimum absolute atomic E-state index is 0.00277. The van der Waals surface area contributed by atoms with Crippen molar-refractivity contribution in [3.63, 3.8) is 0 Å². The molecular formula is C27H28N6O3S. The predicted molar refractivity (Wildman–Crippen MR) is 141 cm³/mol. The monoisotopic (exact) mass is 516 g/mol. The minimum Gasteiger partial charge on any atom is -0.371 e. The molecule has 6 rings (SSSR count). The van der Waals surface area contributed by atoms with Gasteiger partial charge in [-0.05, 0) is 49.2 Å². The van der Waals surface area contributed by atoms with Gasteiger partial charge in [-0.15, -0.1) is 0 Å². The number of fused-ring (bicyclic) bond motifs is 1. The number of rotatable bonds is 6. The average Bonchev–Trinajstić information content (AvgIpc) is 3.67. The zero-order valence-corrected chi connectivity index (χ0v) is 21.1. The Kier molecular flexibility index (Phi) is 5.92. The Morgan fingerprint density at radius 3 is 2.57 bits per heavy atom. The van der Waals surface area contributed by atoms with E-state index in [9.17, 15) is 13.2 Å². The van der Waals surface area contributed by atoms with Gasteiger partial charge in [0.25, 0.3) is 5.91 Å². The lowest BCUT2D eigenvalue weighted by Crippen LogP contribution is -2.34. The molecule has 2 aromatic heterocycles. The molecule has 2 aliphatic heterocycles. The number of aromatic amines is 1. The van der Waals surface area contributed by atoms with Crippen molar-refractivity contribution in [1.82, 2.24) is 24.6 Å². The summed E-state index contributed by atoms with van der Waals surface area (Å²) in [5.74, 6) is 0.421. The quantitative estimate of drug-likeness (QED) is 0.407. The van der Waals surface area contributed by atoms with Crippen molar-refractivity contribution < 1.29 is 13.2 Å². The Labute approximate surface area is 215 Å². The number of para-hydroxylation sites is 1. The van der Waals surface area contributed by atoms with Crippen LogP contribution in [0.4, 0.5) is 5.69 Å². The summed E-state index contributed by atoms with van der Waals surface area (Å²) in [5, 5.41) is 0. The Balaban J connectivity index is 1.17. The second-order valence-electron chi connectivity index (χ2n) is 9.88. The fourth-order valence-electron chi connectivity index (χ4n) is 5.51. The highest BCUT2D eigenvalue weighted by atomic mass is 32.2. The molecule has 1 amide bonds. The predicted octanol–water partition coefficient (Wildman–Crippen LogP) is 3.18. The van der Waals surface area contributed by atoms with Crippen molar-refractivity contribution in [2.24, 2.45) is 5.41 Å². The molecule has 1 spiro atoms. The van der Waals surface area contributed by atoms with E-state index >= 15 is 0 Å². The molecule has 37 heavy (non-hydrogen) atoms. The van der Waals surface area contributed by atoms with Gasteiger partial charge in [0.05, 0.1) is 22.5 Å². The van der Waals surface area contributed by atoms with Crippen molar-refractivity contribution in [1.29, 1.82) is 0 Å². The molecule has 190 valence electrons. The molecule has 2 saturated heterocycles. The molecule has 1 unspecified atom stereocenters. The number of carbonyl (C=O) groups excluding carboxylic acids is 1. The van der Waals surface area contributed by atoms with E-state index in [1.165, 1.54) is 5.69 Å². The average molecular weight is 517 g/mol. The van der Waals surface area contributed by atoms with Crippen LogP contribution in [0.1, 0.15) is 29.0 Å². The van der Waals surface area contributed by atoms with Gasteiger partial charge in [0.15, 0.2) is 0 Å². The van der Waals surface area contributed by atoms with Crippen molar-refractivity contribution >= 4 is 32.7 Å². The molecule has 0 radical (unpaired) electrons. The second kappa shape index (κ2) is 9.28. The number of sulfonamides is 1. The highest BCUT2D eigenvalue weighted by Crippen LogP contribution is 2.41. The van der Waals surface area contributed by atoms with Gasteiger partial charge in [-0.1, -0.05) is 24.3 Å². The third-order valence-electron chi connectivity index (χ3n) is 7.47. The molecule has 10 heteroatoms. The van der Waals surface area contributed by atoms with Crippen LogP contribution in [0.25, 0.3) is 11.0 Å². The largest absolute Gasteiger partial charge is 0.371 e. The molecule has 9 nitrogen and oxygen atoms in total. The topological polar surface area (TPSA) is 111 Å². The molecule has 2 fully saturated rings. The van der Waals surface area contributed by atoms with Gasteiger partial charge < -0.3 is 14.8 Å². The Hall–Kier alpha value is -3.76. The third-order valence-corrected chi connectivity index (χ3v) is 8.88. The van der Waals surface area contributed by atoms with Crippen LogP contribution < -0.4 is 9.62 Å². The van der Waals surface area contributed by atoms with Crippen LogP contribution in [0.5, 0.6) is 0 Å². The van der Waals surface area contributed by atoms with E-state index in [4.69, 9.17) is 0 Å². The lowest BCUT2D eigenvalue weighted by Gasteiger charge is -2.25. The first-order valence-corrected chi connectivity index (χ1v) is 13.9. The standard InChI is InChI=1S/C27H28N6O3S/c34-26(33-16-12-27(19-33)11-15-32(18-27)20-9-13-28-14-10-20)22-7-4-8-23-25(22)31-24(30-23)17-29-37(35,36)21-5-2-1-3-6-21/h1-10,13-14,29H,11-12,15-19H2,(H,30,31). The van der Waals surface area contributed by atoms with E-state index in [0.717, 1.165) is 32.5 Å². The van der Waals surface area contributed by atoms with Crippen LogP contribution in [0.2, 0.25) is 0 Å². The molecule has 4 aromatic rings. The smallest absolute Gasteiger partial charge is 0.256 e. The summed E-state index contributed by atoms with van der Waals surface area (Å²) in [6.45, 7) is 3.34. The number of hydrogen-bond donors (Lipinski definition) is 2. The summed E-state index contributed by atoms with van der Waals surface area (Å²) in [6, 6.07) is 17.8. The van der Waals surface area contributed by atoms with Crippen LogP contribution >= 0.6 is 0 Å². The fourth-order valence-corrected chi connectivity index (χ4v) is 6.52. The number of nitrogens with zero attached hydrogens (tertiary/aromatic N) is 4. The normalized spacial score (nSPS) is 19.8. The summed E-state index contributed by atoms with van der Waals surface area (Å²) in [6.07, 6.45) is 5.66. The van der Waals surface area contributed by atoms with Crippen LogP contribution in [0.15, 0.2) is 78.0 Å². The van der Waals surface area contributed by atoms with Gasteiger partial charge >= 0.3 is 0 Å². The number of H-pyrrole nitrogens is 1. The van der Waals surface area contributed by atoms with Crippen molar-refractivity contribution in [3.05, 3.63) is 84.4 Å². The molecular weight excluding hydrogens is 488 g/mol. The lowest BCUT2D eigenvalue weighted by atomic mass is 9.86. The van der Waals surface area contributed by atoms with Crippen LogP contribution in [-0.2, 0) is 16.6 Å². The van der Waals surface area contributed by atoms with Gasteiger partial charge in [-0.25, -0.2) is 18.1 Å². The van der Waals surface area contributed by atoms with Crippen LogP contribution in [0, 0.1) is 5.41 Å². The molecule has 4 heterocycles. The number of carbonyl (C=O) groups is 1. The first-order valence-electron chi connectivity index (χ1n) is 12.4. The minimum atomic E-state index is -3.67. The fraction of sp³-hybridized carbons (Fsp3) is 0.296. The summed E-state index contributed by atoms with van der Waals surface area (Å²) >= 11 is 0. The van der Waals surface area contributed by atoms with Gasteiger partial charge in [0, 0.05) is 49.7 Å². The Morgan fingerprint density at radius 2 is 1.76 bits per heavy atom. The van der Waals surface area contributed by atoms with E-state index < -0.39 is 10.0 Å². The molecule has 2 aliphatic rings. The summed E-state index contributed by atoms with van der Waals surface area (Å²) in [5.41, 5.74) is 3.07. The molecule has 2 N–H and O–H groups in total. The van der Waals surface area contributed by atoms with E-state index in [1.54, 1.807) is 36.4 Å². The number of imidazole rings is 1. The summed E-state index contributed by atoms with van der Waals surface area (Å²) in [7, 11) is -3.67. The number of benzene rings is 2. The van der Waals surface area contributed by atoms with Crippen molar-refractivity contribution in [2.45, 2.75) is 24.3 Å². The molecule has 2 aromatic carbocycles. The first kappa shape index (κ1) is 23.6. The number of aromatic nitrogens is 3. The Bertz CT molecular complexity index is 1540. The second-order valence-corrected chi connectivity index (χ2v) is 11.6. The number of amides is 1. The van der Waals surface area contributed by atoms with Crippen LogP contribution in [0.3, 0.4) is 0 Å². The van der Waals surface area contributed by atoms with Gasteiger partial charge in [-0.2, -0.15) is 0 Å². The SMILES string of the molecule is O=C(c1cccc2[nH]c(CNS(=O)(=O)c3ccccc3)nc12)N1CCC2(CCN(c3ccncc3)C2)C1. The zero-order chi connectivity index (χ0) is 25.5. The molecule has 1 atom stereocenters. The third kappa shape index (κ3) is 4.58. The van der Waals surface area contributed by atoms with Crippen molar-refractivity contribution in [3.8, 4) is 0 Å².